The van der Waals surface area contributed by atoms with Gasteiger partial charge in [0.1, 0.15) is 0 Å². The van der Waals surface area contributed by atoms with Crippen molar-refractivity contribution in [1.82, 2.24) is 10.0 Å². The number of nitrogens with one attached hydrogen (secondary N) is 2. The average Bonchev–Trinajstić information content (AvgIpc) is 2.11. The number of hydrogen-bond donors (Lipinski definition) is 3. The predicted octanol–water partition coefficient (Wildman–Crippen LogP) is -1.87. The standard InChI is InChI=1S/C6H12N2O5S/c1-7-5(9)4-8-14(12,13)3-2-6(10)11/h8H,2-4H2,1H3,(H,7,9)(H,10,11). The van der Waals surface area contributed by atoms with Gasteiger partial charge >= 0.3 is 5.97 Å². The van der Waals surface area contributed by atoms with Gasteiger partial charge in [-0.1, -0.05) is 0 Å². The summed E-state index contributed by atoms with van der Waals surface area (Å²) in [5.74, 6) is -2.21. The first-order chi connectivity index (χ1) is 6.37. The van der Waals surface area contributed by atoms with Gasteiger partial charge in [0.2, 0.25) is 15.9 Å². The molecule has 3 N–H and O–H groups in total. The zero-order valence-electron chi connectivity index (χ0n) is 7.61. The number of likely N-dealkylation sites (N-methyl/N-ethyl adjacent to an activating group) is 1. The van der Waals surface area contributed by atoms with Crippen LogP contribution in [0.1, 0.15) is 6.42 Å². The van der Waals surface area contributed by atoms with Gasteiger partial charge in [0.15, 0.2) is 0 Å². The van der Waals surface area contributed by atoms with Gasteiger partial charge < -0.3 is 10.4 Å². The molecule has 1 amide bonds. The van der Waals surface area contributed by atoms with Crippen molar-refractivity contribution in [3.8, 4) is 0 Å². The van der Waals surface area contributed by atoms with Crippen molar-refractivity contribution in [3.05, 3.63) is 0 Å². The van der Waals surface area contributed by atoms with Gasteiger partial charge in [-0.15, -0.1) is 0 Å². The minimum absolute atomic E-state index is 0.377. The molecule has 82 valence electrons. The van der Waals surface area contributed by atoms with Gasteiger partial charge in [-0.2, -0.15) is 0 Å². The molecule has 0 saturated carbocycles. The number of carboxylic acid groups (broad SMARTS) is 1. The number of carbonyl (C=O) groups excluding carboxylic acids is 1. The van der Waals surface area contributed by atoms with Crippen LogP contribution in [-0.4, -0.2) is 44.7 Å². The van der Waals surface area contributed by atoms with Gasteiger partial charge in [0.05, 0.1) is 18.7 Å². The second-order valence-corrected chi connectivity index (χ2v) is 4.38. The summed E-state index contributed by atoms with van der Waals surface area (Å²) < 4.78 is 24.0. The molecule has 8 heteroatoms. The van der Waals surface area contributed by atoms with Crippen molar-refractivity contribution in [2.24, 2.45) is 0 Å². The molecule has 0 atom stereocenters. The van der Waals surface area contributed by atoms with Crippen LogP contribution in [0.5, 0.6) is 0 Å². The van der Waals surface area contributed by atoms with E-state index in [2.05, 4.69) is 5.32 Å². The van der Waals surface area contributed by atoms with Crippen LogP contribution in [0, 0.1) is 0 Å². The Morgan fingerprint density at radius 3 is 2.36 bits per heavy atom. The summed E-state index contributed by atoms with van der Waals surface area (Å²) in [5, 5.41) is 10.4. The molecule has 0 spiro atoms. The van der Waals surface area contributed by atoms with E-state index in [1.807, 2.05) is 4.72 Å². The lowest BCUT2D eigenvalue weighted by molar-refractivity contribution is -0.136. The SMILES string of the molecule is CNC(=O)CNS(=O)(=O)CCC(=O)O. The largest absolute Gasteiger partial charge is 0.481 e. The van der Waals surface area contributed by atoms with Crippen molar-refractivity contribution >= 4 is 21.9 Å². The lowest BCUT2D eigenvalue weighted by Crippen LogP contribution is -2.36. The van der Waals surface area contributed by atoms with Crippen LogP contribution in [0.4, 0.5) is 0 Å². The molecule has 7 nitrogen and oxygen atoms in total. The lowest BCUT2D eigenvalue weighted by atomic mass is 10.5. The number of carboxylic acids is 1. The van der Waals surface area contributed by atoms with Crippen molar-refractivity contribution in [1.29, 1.82) is 0 Å². The van der Waals surface area contributed by atoms with Crippen LogP contribution in [0.25, 0.3) is 0 Å². The van der Waals surface area contributed by atoms with Crippen molar-refractivity contribution in [2.75, 3.05) is 19.3 Å². The molecular weight excluding hydrogens is 212 g/mol. The number of aliphatic carboxylic acids is 1. The Hall–Kier alpha value is -1.15. The first kappa shape index (κ1) is 12.8. The van der Waals surface area contributed by atoms with Crippen molar-refractivity contribution in [3.63, 3.8) is 0 Å². The molecule has 0 fully saturated rings. The van der Waals surface area contributed by atoms with E-state index < -0.39 is 34.1 Å². The van der Waals surface area contributed by atoms with E-state index in [4.69, 9.17) is 5.11 Å². The highest BCUT2D eigenvalue weighted by atomic mass is 32.2. The molecule has 0 unspecified atom stereocenters. The third kappa shape index (κ3) is 6.38. The monoisotopic (exact) mass is 224 g/mol. The number of amides is 1. The molecule has 0 aromatic heterocycles. The Kier molecular flexibility index (Phi) is 5.10. The van der Waals surface area contributed by atoms with Crippen LogP contribution < -0.4 is 10.0 Å². The third-order valence-electron chi connectivity index (χ3n) is 1.32. The zero-order valence-corrected chi connectivity index (χ0v) is 8.43. The highest BCUT2D eigenvalue weighted by Gasteiger charge is 2.13. The Labute approximate surface area is 81.5 Å². The topological polar surface area (TPSA) is 113 Å². The number of sulfonamides is 1. The number of hydrogen-bond acceptors (Lipinski definition) is 4. The average molecular weight is 224 g/mol. The minimum Gasteiger partial charge on any atom is -0.481 e. The maximum atomic E-state index is 11.0. The van der Waals surface area contributed by atoms with Gasteiger partial charge in [-0.3, -0.25) is 9.59 Å². The second kappa shape index (κ2) is 5.55. The molecule has 0 bridgehead atoms. The molecule has 0 radical (unpaired) electrons. The van der Waals surface area contributed by atoms with Crippen LogP contribution >= 0.6 is 0 Å². The summed E-state index contributed by atoms with van der Waals surface area (Å²) >= 11 is 0. The first-order valence-corrected chi connectivity index (χ1v) is 5.42. The molecule has 0 aliphatic heterocycles. The van der Waals surface area contributed by atoms with E-state index in [0.29, 0.717) is 0 Å². The summed E-state index contributed by atoms with van der Waals surface area (Å²) in [7, 11) is -2.30. The van der Waals surface area contributed by atoms with Crippen LogP contribution in [0.2, 0.25) is 0 Å². The maximum Gasteiger partial charge on any atom is 0.304 e. The zero-order chi connectivity index (χ0) is 11.2. The summed E-state index contributed by atoms with van der Waals surface area (Å²) in [5.41, 5.74) is 0. The molecule has 0 aliphatic rings. The third-order valence-corrected chi connectivity index (χ3v) is 2.64. The Morgan fingerprint density at radius 1 is 1.36 bits per heavy atom. The minimum atomic E-state index is -3.67. The molecule has 14 heavy (non-hydrogen) atoms. The summed E-state index contributed by atoms with van der Waals surface area (Å²) in [4.78, 5) is 20.7. The van der Waals surface area contributed by atoms with E-state index in [9.17, 15) is 18.0 Å². The molecular formula is C6H12N2O5S. The van der Waals surface area contributed by atoms with Gasteiger partial charge in [0, 0.05) is 7.05 Å². The fraction of sp³-hybridized carbons (Fsp3) is 0.667. The lowest BCUT2D eigenvalue weighted by Gasteiger charge is -2.03. The fourth-order valence-corrected chi connectivity index (χ4v) is 1.50. The smallest absolute Gasteiger partial charge is 0.304 e. The predicted molar refractivity (Wildman–Crippen MR) is 48.1 cm³/mol. The maximum absolute atomic E-state index is 11.0. The van der Waals surface area contributed by atoms with E-state index in [-0.39, 0.29) is 6.54 Å². The van der Waals surface area contributed by atoms with E-state index in [1.54, 1.807) is 0 Å². The molecule has 0 aliphatic carbocycles. The Morgan fingerprint density at radius 2 is 1.93 bits per heavy atom. The van der Waals surface area contributed by atoms with Crippen LogP contribution in [0.3, 0.4) is 0 Å². The summed E-state index contributed by atoms with van der Waals surface area (Å²) in [6, 6.07) is 0. The molecule has 0 heterocycles. The second-order valence-electron chi connectivity index (χ2n) is 2.46. The van der Waals surface area contributed by atoms with Crippen LogP contribution in [-0.2, 0) is 19.6 Å². The normalized spacial score (nSPS) is 10.9. The van der Waals surface area contributed by atoms with Crippen molar-refractivity contribution < 1.29 is 23.1 Å². The molecule has 0 rings (SSSR count). The Bertz CT molecular complexity index is 310. The highest BCUT2D eigenvalue weighted by molar-refractivity contribution is 7.89. The van der Waals surface area contributed by atoms with Crippen molar-refractivity contribution in [2.45, 2.75) is 6.42 Å². The summed E-state index contributed by atoms with van der Waals surface area (Å²) in [6.45, 7) is -0.377. The summed E-state index contributed by atoms with van der Waals surface area (Å²) in [6.07, 6.45) is -0.483. The van der Waals surface area contributed by atoms with E-state index in [0.717, 1.165) is 0 Å². The molecule has 0 saturated heterocycles. The van der Waals surface area contributed by atoms with E-state index >= 15 is 0 Å². The fourth-order valence-electron chi connectivity index (χ4n) is 0.558. The highest BCUT2D eigenvalue weighted by Crippen LogP contribution is 1.88. The van der Waals surface area contributed by atoms with Gasteiger partial charge in [-0.25, -0.2) is 13.1 Å². The number of carbonyl (C=O) groups is 2. The quantitative estimate of drug-likeness (QED) is 0.489. The Balaban J connectivity index is 3.96. The van der Waals surface area contributed by atoms with Gasteiger partial charge in [-0.05, 0) is 0 Å². The molecule has 0 aromatic rings. The number of rotatable bonds is 6. The first-order valence-electron chi connectivity index (χ1n) is 3.77. The molecule has 0 aromatic carbocycles. The van der Waals surface area contributed by atoms with Gasteiger partial charge in [0.25, 0.3) is 0 Å². The van der Waals surface area contributed by atoms with E-state index in [1.165, 1.54) is 7.05 Å². The van der Waals surface area contributed by atoms with Crippen LogP contribution in [0.15, 0.2) is 0 Å².